The SMILES string of the molecule is CCCOCCOC(=O)Cn1ccc2cc(CC)ccc21. The summed E-state index contributed by atoms with van der Waals surface area (Å²) in [4.78, 5) is 11.8. The molecule has 4 nitrogen and oxygen atoms in total. The zero-order valence-electron chi connectivity index (χ0n) is 12.8. The highest BCUT2D eigenvalue weighted by Gasteiger charge is 2.07. The average Bonchev–Trinajstić information content (AvgIpc) is 2.89. The Labute approximate surface area is 125 Å². The third kappa shape index (κ3) is 4.33. The Morgan fingerprint density at radius 3 is 2.76 bits per heavy atom. The van der Waals surface area contributed by atoms with Crippen molar-refractivity contribution in [2.24, 2.45) is 0 Å². The van der Waals surface area contributed by atoms with E-state index in [1.54, 1.807) is 0 Å². The van der Waals surface area contributed by atoms with E-state index < -0.39 is 0 Å². The van der Waals surface area contributed by atoms with Gasteiger partial charge in [0.2, 0.25) is 0 Å². The number of aromatic nitrogens is 1. The third-order valence-electron chi connectivity index (χ3n) is 3.38. The lowest BCUT2D eigenvalue weighted by molar-refractivity contribution is -0.145. The molecule has 0 spiro atoms. The Kier molecular flexibility index (Phi) is 5.81. The van der Waals surface area contributed by atoms with Crippen LogP contribution in [0.1, 0.15) is 25.8 Å². The molecular weight excluding hydrogens is 266 g/mol. The molecule has 1 heterocycles. The number of esters is 1. The second-order valence-electron chi connectivity index (χ2n) is 5.02. The third-order valence-corrected chi connectivity index (χ3v) is 3.38. The van der Waals surface area contributed by atoms with Crippen LogP contribution in [-0.2, 0) is 27.2 Å². The van der Waals surface area contributed by atoms with Crippen molar-refractivity contribution in [1.82, 2.24) is 4.57 Å². The first-order chi connectivity index (χ1) is 10.2. The standard InChI is InChI=1S/C17H23NO3/c1-3-9-20-10-11-21-17(19)13-18-8-7-15-12-14(4-2)5-6-16(15)18/h5-8,12H,3-4,9-11,13H2,1-2H3. The smallest absolute Gasteiger partial charge is 0.326 e. The Morgan fingerprint density at radius 2 is 2.00 bits per heavy atom. The number of carbonyl (C=O) groups is 1. The molecule has 21 heavy (non-hydrogen) atoms. The molecule has 0 amide bonds. The fraction of sp³-hybridized carbons (Fsp3) is 0.471. The highest BCUT2D eigenvalue weighted by atomic mass is 16.6. The van der Waals surface area contributed by atoms with E-state index in [9.17, 15) is 4.79 Å². The van der Waals surface area contributed by atoms with Gasteiger partial charge in [0, 0.05) is 18.3 Å². The molecular formula is C17H23NO3. The van der Waals surface area contributed by atoms with Crippen LogP contribution in [0.25, 0.3) is 10.9 Å². The van der Waals surface area contributed by atoms with Crippen molar-refractivity contribution < 1.29 is 14.3 Å². The molecule has 1 aromatic heterocycles. The minimum absolute atomic E-state index is 0.229. The van der Waals surface area contributed by atoms with E-state index in [-0.39, 0.29) is 12.5 Å². The molecule has 0 aliphatic carbocycles. The second-order valence-corrected chi connectivity index (χ2v) is 5.02. The number of benzene rings is 1. The van der Waals surface area contributed by atoms with E-state index in [1.807, 2.05) is 23.8 Å². The van der Waals surface area contributed by atoms with Crippen molar-refractivity contribution in [2.75, 3.05) is 19.8 Å². The molecule has 0 aliphatic heterocycles. The number of nitrogens with zero attached hydrogens (tertiary/aromatic N) is 1. The van der Waals surface area contributed by atoms with Gasteiger partial charge in [0.05, 0.1) is 6.61 Å². The summed E-state index contributed by atoms with van der Waals surface area (Å²) in [5, 5.41) is 1.16. The van der Waals surface area contributed by atoms with E-state index in [4.69, 9.17) is 9.47 Å². The maximum absolute atomic E-state index is 11.8. The minimum atomic E-state index is -0.229. The summed E-state index contributed by atoms with van der Waals surface area (Å²) in [5.41, 5.74) is 2.36. The quantitative estimate of drug-likeness (QED) is 0.553. The normalized spacial score (nSPS) is 11.0. The van der Waals surface area contributed by atoms with Crippen molar-refractivity contribution in [3.05, 3.63) is 36.0 Å². The van der Waals surface area contributed by atoms with Crippen molar-refractivity contribution in [3.63, 3.8) is 0 Å². The van der Waals surface area contributed by atoms with Crippen LogP contribution in [0, 0.1) is 0 Å². The van der Waals surface area contributed by atoms with E-state index in [2.05, 4.69) is 25.1 Å². The predicted molar refractivity (Wildman–Crippen MR) is 83.4 cm³/mol. The first-order valence-corrected chi connectivity index (χ1v) is 7.55. The van der Waals surface area contributed by atoms with Gasteiger partial charge < -0.3 is 14.0 Å². The highest BCUT2D eigenvalue weighted by molar-refractivity contribution is 5.82. The van der Waals surface area contributed by atoms with Gasteiger partial charge in [-0.1, -0.05) is 19.9 Å². The molecule has 0 N–H and O–H groups in total. The number of hydrogen-bond acceptors (Lipinski definition) is 3. The number of ether oxygens (including phenoxy) is 2. The summed E-state index contributed by atoms with van der Waals surface area (Å²) in [5.74, 6) is -0.229. The van der Waals surface area contributed by atoms with Gasteiger partial charge in [0.15, 0.2) is 0 Å². The van der Waals surface area contributed by atoms with Crippen LogP contribution in [0.5, 0.6) is 0 Å². The molecule has 0 bridgehead atoms. The van der Waals surface area contributed by atoms with Crippen molar-refractivity contribution in [1.29, 1.82) is 0 Å². The molecule has 0 aliphatic rings. The number of fused-ring (bicyclic) bond motifs is 1. The van der Waals surface area contributed by atoms with Crippen LogP contribution < -0.4 is 0 Å². The largest absolute Gasteiger partial charge is 0.462 e. The fourth-order valence-corrected chi connectivity index (χ4v) is 2.25. The van der Waals surface area contributed by atoms with Gasteiger partial charge in [-0.3, -0.25) is 4.79 Å². The molecule has 0 saturated heterocycles. The summed E-state index contributed by atoms with van der Waals surface area (Å²) < 4.78 is 12.4. The molecule has 1 aromatic carbocycles. The van der Waals surface area contributed by atoms with Crippen molar-refractivity contribution in [2.45, 2.75) is 33.2 Å². The Balaban J connectivity index is 1.89. The van der Waals surface area contributed by atoms with Crippen molar-refractivity contribution in [3.8, 4) is 0 Å². The highest BCUT2D eigenvalue weighted by Crippen LogP contribution is 2.18. The summed E-state index contributed by atoms with van der Waals surface area (Å²) >= 11 is 0. The van der Waals surface area contributed by atoms with Gasteiger partial charge in [-0.2, -0.15) is 0 Å². The maximum Gasteiger partial charge on any atom is 0.326 e. The fourth-order valence-electron chi connectivity index (χ4n) is 2.25. The molecule has 114 valence electrons. The topological polar surface area (TPSA) is 40.5 Å². The number of aryl methyl sites for hydroxylation is 1. The van der Waals surface area contributed by atoms with Gasteiger partial charge in [0.1, 0.15) is 13.2 Å². The predicted octanol–water partition coefficient (Wildman–Crippen LogP) is 3.17. The van der Waals surface area contributed by atoms with Gasteiger partial charge >= 0.3 is 5.97 Å². The summed E-state index contributed by atoms with van der Waals surface area (Å²) in [7, 11) is 0. The van der Waals surface area contributed by atoms with Crippen molar-refractivity contribution >= 4 is 16.9 Å². The van der Waals surface area contributed by atoms with Crippen LogP contribution >= 0.6 is 0 Å². The van der Waals surface area contributed by atoms with Crippen LogP contribution in [0.3, 0.4) is 0 Å². The molecule has 4 heteroatoms. The molecule has 0 atom stereocenters. The Morgan fingerprint density at radius 1 is 1.14 bits per heavy atom. The Bertz CT molecular complexity index is 589. The molecule has 0 radical (unpaired) electrons. The molecule has 2 rings (SSSR count). The number of rotatable bonds is 8. The zero-order chi connectivity index (χ0) is 15.1. The summed E-state index contributed by atoms with van der Waals surface area (Å²) in [6.45, 7) is 5.91. The zero-order valence-corrected chi connectivity index (χ0v) is 12.8. The van der Waals surface area contributed by atoms with E-state index in [0.717, 1.165) is 23.7 Å². The number of hydrogen-bond donors (Lipinski definition) is 0. The van der Waals surface area contributed by atoms with Crippen LogP contribution in [0.15, 0.2) is 30.5 Å². The molecule has 0 unspecified atom stereocenters. The van der Waals surface area contributed by atoms with Crippen LogP contribution in [-0.4, -0.2) is 30.4 Å². The lowest BCUT2D eigenvalue weighted by atomic mass is 10.1. The van der Waals surface area contributed by atoms with Crippen LogP contribution in [0.4, 0.5) is 0 Å². The second kappa shape index (κ2) is 7.84. The molecule has 0 saturated carbocycles. The van der Waals surface area contributed by atoms with Gasteiger partial charge in [0.25, 0.3) is 0 Å². The van der Waals surface area contributed by atoms with E-state index >= 15 is 0 Å². The lowest BCUT2D eigenvalue weighted by Gasteiger charge is -2.07. The Hall–Kier alpha value is -1.81. The van der Waals surface area contributed by atoms with Gasteiger partial charge in [-0.15, -0.1) is 0 Å². The number of carbonyl (C=O) groups excluding carboxylic acids is 1. The van der Waals surface area contributed by atoms with E-state index in [1.165, 1.54) is 5.56 Å². The monoisotopic (exact) mass is 289 g/mol. The summed E-state index contributed by atoms with van der Waals surface area (Å²) in [6.07, 6.45) is 3.92. The first kappa shape index (κ1) is 15.6. The lowest BCUT2D eigenvalue weighted by Crippen LogP contribution is -2.16. The molecule has 2 aromatic rings. The van der Waals surface area contributed by atoms with Gasteiger partial charge in [-0.25, -0.2) is 0 Å². The minimum Gasteiger partial charge on any atom is -0.462 e. The average molecular weight is 289 g/mol. The molecule has 0 fully saturated rings. The first-order valence-electron chi connectivity index (χ1n) is 7.55. The van der Waals surface area contributed by atoms with E-state index in [0.29, 0.717) is 19.8 Å². The van der Waals surface area contributed by atoms with Gasteiger partial charge in [-0.05, 0) is 42.0 Å². The maximum atomic E-state index is 11.8. The summed E-state index contributed by atoms with van der Waals surface area (Å²) in [6, 6.07) is 8.36. The van der Waals surface area contributed by atoms with Crippen LogP contribution in [0.2, 0.25) is 0 Å².